The summed E-state index contributed by atoms with van der Waals surface area (Å²) < 4.78 is 0. The lowest BCUT2D eigenvalue weighted by Crippen LogP contribution is -2.30. The molecule has 1 aliphatic heterocycles. The van der Waals surface area contributed by atoms with Crippen LogP contribution < -0.4 is 0 Å². The number of hydrogen-bond donors (Lipinski definition) is 0. The minimum absolute atomic E-state index is 0.101. The van der Waals surface area contributed by atoms with Crippen LogP contribution >= 0.6 is 23.5 Å². The molecule has 1 aromatic carbocycles. The Bertz CT molecular complexity index is 1420. The molecule has 0 N–H and O–H groups in total. The number of amides is 2. The molecule has 2 aromatic heterocycles. The van der Waals surface area contributed by atoms with E-state index >= 15 is 0 Å². The Morgan fingerprint density at radius 1 is 0.778 bits per heavy atom. The summed E-state index contributed by atoms with van der Waals surface area (Å²) in [5.41, 5.74) is 4.39. The van der Waals surface area contributed by atoms with Crippen molar-refractivity contribution >= 4 is 35.3 Å². The third-order valence-electron chi connectivity index (χ3n) is 5.51. The lowest BCUT2D eigenvalue weighted by atomic mass is 10.1. The van der Waals surface area contributed by atoms with Crippen molar-refractivity contribution in [3.8, 4) is 12.1 Å². The van der Waals surface area contributed by atoms with Crippen LogP contribution in [0.3, 0.4) is 0 Å². The first-order valence-electron chi connectivity index (χ1n) is 11.0. The Morgan fingerprint density at radius 3 is 1.64 bits per heavy atom. The average molecular weight is 512 g/mol. The fraction of sp³-hybridized carbons (Fsp3) is 0.185. The summed E-state index contributed by atoms with van der Waals surface area (Å²) in [5.74, 6) is -0.937. The molecule has 7 nitrogen and oxygen atoms in total. The van der Waals surface area contributed by atoms with Gasteiger partial charge in [0, 0.05) is 11.4 Å². The van der Waals surface area contributed by atoms with E-state index in [-0.39, 0.29) is 16.4 Å². The fourth-order valence-corrected chi connectivity index (χ4v) is 6.23. The Morgan fingerprint density at radius 2 is 1.22 bits per heavy atom. The van der Waals surface area contributed by atoms with E-state index in [9.17, 15) is 20.1 Å². The molecule has 0 saturated carbocycles. The molecule has 3 aromatic rings. The van der Waals surface area contributed by atoms with Crippen molar-refractivity contribution in [3.63, 3.8) is 0 Å². The van der Waals surface area contributed by atoms with E-state index in [4.69, 9.17) is 0 Å². The zero-order valence-electron chi connectivity index (χ0n) is 20.1. The number of benzene rings is 1. The van der Waals surface area contributed by atoms with Crippen molar-refractivity contribution in [2.45, 2.75) is 44.3 Å². The highest BCUT2D eigenvalue weighted by Crippen LogP contribution is 2.44. The number of nitriles is 2. The van der Waals surface area contributed by atoms with Gasteiger partial charge >= 0.3 is 0 Å². The van der Waals surface area contributed by atoms with Crippen molar-refractivity contribution in [2.24, 2.45) is 0 Å². The van der Waals surface area contributed by atoms with Crippen LogP contribution in [0.15, 0.2) is 62.3 Å². The number of pyridine rings is 2. The first-order chi connectivity index (χ1) is 17.2. The van der Waals surface area contributed by atoms with Crippen LogP contribution in [0.5, 0.6) is 0 Å². The second-order valence-corrected chi connectivity index (χ2v) is 10.3. The van der Waals surface area contributed by atoms with E-state index < -0.39 is 11.8 Å². The normalized spacial score (nSPS) is 13.2. The first-order valence-corrected chi connectivity index (χ1v) is 12.6. The maximum atomic E-state index is 13.6. The number of rotatable bonds is 6. The van der Waals surface area contributed by atoms with Crippen LogP contribution in [-0.2, 0) is 16.1 Å². The van der Waals surface area contributed by atoms with Crippen molar-refractivity contribution in [2.75, 3.05) is 0 Å². The van der Waals surface area contributed by atoms with Crippen LogP contribution in [-0.4, -0.2) is 26.7 Å². The Kier molecular flexibility index (Phi) is 7.25. The third-order valence-corrected chi connectivity index (χ3v) is 7.79. The molecule has 0 spiro atoms. The van der Waals surface area contributed by atoms with E-state index in [1.54, 1.807) is 12.1 Å². The average Bonchev–Trinajstić information content (AvgIpc) is 3.03. The number of imide groups is 1. The summed E-state index contributed by atoms with van der Waals surface area (Å²) in [6.45, 7) is 7.34. The summed E-state index contributed by atoms with van der Waals surface area (Å²) in [7, 11) is 0. The number of aryl methyl sites for hydroxylation is 4. The minimum Gasteiger partial charge on any atom is -0.269 e. The molecule has 9 heteroatoms. The summed E-state index contributed by atoms with van der Waals surface area (Å²) in [6, 6.07) is 17.2. The van der Waals surface area contributed by atoms with Crippen LogP contribution in [0.4, 0.5) is 0 Å². The molecule has 3 heterocycles. The quantitative estimate of drug-likeness (QED) is 0.419. The molecular formula is C27H21N5O2S2. The number of nitrogens with zero attached hydrogens (tertiary/aromatic N) is 5. The van der Waals surface area contributed by atoms with Gasteiger partial charge in [0.05, 0.1) is 27.5 Å². The smallest absolute Gasteiger partial charge is 0.269 e. The fourth-order valence-electron chi connectivity index (χ4n) is 3.84. The van der Waals surface area contributed by atoms with E-state index in [0.29, 0.717) is 32.6 Å². The van der Waals surface area contributed by atoms with Gasteiger partial charge in [0.2, 0.25) is 0 Å². The van der Waals surface area contributed by atoms with E-state index in [2.05, 4.69) is 22.1 Å². The van der Waals surface area contributed by atoms with Crippen molar-refractivity contribution in [1.82, 2.24) is 14.9 Å². The predicted octanol–water partition coefficient (Wildman–Crippen LogP) is 5.12. The highest BCUT2D eigenvalue weighted by molar-refractivity contribution is 8.08. The molecule has 0 fully saturated rings. The van der Waals surface area contributed by atoms with Gasteiger partial charge in [0.1, 0.15) is 22.2 Å². The molecule has 0 aliphatic carbocycles. The summed E-state index contributed by atoms with van der Waals surface area (Å²) >= 11 is 2.02. The van der Waals surface area contributed by atoms with Gasteiger partial charge in [-0.2, -0.15) is 10.5 Å². The number of thioether (sulfide) groups is 2. The van der Waals surface area contributed by atoms with Crippen molar-refractivity contribution in [1.29, 1.82) is 10.5 Å². The molecule has 0 saturated heterocycles. The second kappa shape index (κ2) is 10.4. The van der Waals surface area contributed by atoms with Gasteiger partial charge in [-0.05, 0) is 56.5 Å². The second-order valence-electron chi connectivity index (χ2n) is 8.29. The monoisotopic (exact) mass is 511 g/mol. The topological polar surface area (TPSA) is 111 Å². The largest absolute Gasteiger partial charge is 0.269 e. The van der Waals surface area contributed by atoms with Gasteiger partial charge in [0.25, 0.3) is 11.8 Å². The highest BCUT2D eigenvalue weighted by atomic mass is 32.2. The number of carbonyl (C=O) groups is 2. The molecule has 0 bridgehead atoms. The SMILES string of the molecule is Cc1cc(C)c(C#N)c(SC2=C(Sc3nc(C)cc(C)c3C#N)C(=O)N(Cc3ccccc3)C2=O)n1. The zero-order chi connectivity index (χ0) is 26.0. The predicted molar refractivity (Wildman–Crippen MR) is 138 cm³/mol. The summed E-state index contributed by atoms with van der Waals surface area (Å²) in [5, 5.41) is 20.2. The van der Waals surface area contributed by atoms with E-state index in [1.165, 1.54) is 4.90 Å². The third kappa shape index (κ3) is 4.90. The molecule has 36 heavy (non-hydrogen) atoms. The van der Waals surface area contributed by atoms with Crippen LogP contribution in [0.25, 0.3) is 0 Å². The summed E-state index contributed by atoms with van der Waals surface area (Å²) in [6.07, 6.45) is 0. The molecule has 4 rings (SSSR count). The molecular weight excluding hydrogens is 490 g/mol. The molecule has 0 atom stereocenters. The zero-order valence-corrected chi connectivity index (χ0v) is 21.8. The lowest BCUT2D eigenvalue weighted by molar-refractivity contribution is -0.137. The number of carbonyl (C=O) groups excluding carboxylic acids is 2. The van der Waals surface area contributed by atoms with Gasteiger partial charge in [-0.15, -0.1) is 0 Å². The van der Waals surface area contributed by atoms with Crippen LogP contribution in [0.1, 0.15) is 39.2 Å². The molecule has 0 unspecified atom stereocenters. The first kappa shape index (κ1) is 25.2. The van der Waals surface area contributed by atoms with Crippen molar-refractivity contribution < 1.29 is 9.59 Å². The highest BCUT2D eigenvalue weighted by Gasteiger charge is 2.40. The molecule has 0 radical (unpaired) electrons. The van der Waals surface area contributed by atoms with Gasteiger partial charge in [0.15, 0.2) is 0 Å². The van der Waals surface area contributed by atoms with Gasteiger partial charge in [-0.1, -0.05) is 53.9 Å². The van der Waals surface area contributed by atoms with Gasteiger partial charge < -0.3 is 0 Å². The molecule has 178 valence electrons. The van der Waals surface area contributed by atoms with Crippen molar-refractivity contribution in [3.05, 3.63) is 91.5 Å². The number of hydrogen-bond acceptors (Lipinski definition) is 8. The van der Waals surface area contributed by atoms with Gasteiger partial charge in [-0.25, -0.2) is 9.97 Å². The lowest BCUT2D eigenvalue weighted by Gasteiger charge is -2.15. The summed E-state index contributed by atoms with van der Waals surface area (Å²) in [4.78, 5) is 37.7. The molecule has 2 amide bonds. The Labute approximate surface area is 217 Å². The number of aromatic nitrogens is 2. The Balaban J connectivity index is 1.83. The maximum absolute atomic E-state index is 13.6. The standard InChI is InChI=1S/C27H21N5O2S2/c1-15-10-17(3)30-24(20(15)12-28)35-22-23(36-25-21(13-29)16(2)11-18(4)31-25)27(34)32(26(22)33)14-19-8-6-5-7-9-19/h5-11H,14H2,1-4H3. The van der Waals surface area contributed by atoms with E-state index in [1.807, 2.05) is 58.0 Å². The Hall–Kier alpha value is -3.92. The molecule has 1 aliphatic rings. The van der Waals surface area contributed by atoms with Crippen LogP contribution in [0, 0.1) is 50.4 Å². The van der Waals surface area contributed by atoms with Gasteiger partial charge in [-0.3, -0.25) is 14.5 Å². The van der Waals surface area contributed by atoms with Crippen LogP contribution in [0.2, 0.25) is 0 Å². The maximum Gasteiger partial charge on any atom is 0.269 e. The van der Waals surface area contributed by atoms with E-state index in [0.717, 1.165) is 40.2 Å². The minimum atomic E-state index is -0.468.